The Morgan fingerprint density at radius 3 is 2.90 bits per heavy atom. The van der Waals surface area contributed by atoms with Gasteiger partial charge in [-0.3, -0.25) is 0 Å². The predicted octanol–water partition coefficient (Wildman–Crippen LogP) is 4.28. The summed E-state index contributed by atoms with van der Waals surface area (Å²) in [5.41, 5.74) is 1.68. The molecule has 3 aromatic rings. The van der Waals surface area contributed by atoms with Crippen LogP contribution in [-0.4, -0.2) is 15.3 Å². The molecule has 7 heteroatoms. The standard InChI is InChI=1S/C13H12N4O2S/c1-3-8-5-10(18)9-4-7(2)20-12(9)11(8)15-17-13-16-14-6-19-13/h4-6,18H,3H2,1-2H3/b17-15+. The molecule has 0 aliphatic carbocycles. The Morgan fingerprint density at radius 2 is 2.20 bits per heavy atom. The minimum atomic E-state index is 0.113. The molecule has 0 saturated carbocycles. The fourth-order valence-corrected chi connectivity index (χ4v) is 3.06. The lowest BCUT2D eigenvalue weighted by atomic mass is 10.1. The van der Waals surface area contributed by atoms with Crippen LogP contribution in [0.1, 0.15) is 17.4 Å². The zero-order valence-electron chi connectivity index (χ0n) is 11.0. The van der Waals surface area contributed by atoms with Crippen molar-refractivity contribution in [2.24, 2.45) is 10.2 Å². The fourth-order valence-electron chi connectivity index (χ4n) is 2.02. The van der Waals surface area contributed by atoms with Gasteiger partial charge in [0, 0.05) is 10.3 Å². The largest absolute Gasteiger partial charge is 0.507 e. The highest BCUT2D eigenvalue weighted by Crippen LogP contribution is 2.42. The van der Waals surface area contributed by atoms with Crippen LogP contribution in [0, 0.1) is 6.92 Å². The maximum Gasteiger partial charge on any atom is 0.361 e. The number of aromatic hydroxyl groups is 1. The molecule has 20 heavy (non-hydrogen) atoms. The van der Waals surface area contributed by atoms with E-state index in [9.17, 15) is 5.11 Å². The summed E-state index contributed by atoms with van der Waals surface area (Å²) in [5, 5.41) is 26.3. The van der Waals surface area contributed by atoms with Gasteiger partial charge in [0.15, 0.2) is 0 Å². The van der Waals surface area contributed by atoms with Crippen LogP contribution in [0.3, 0.4) is 0 Å². The Balaban J connectivity index is 2.19. The van der Waals surface area contributed by atoms with E-state index in [1.165, 1.54) is 6.39 Å². The molecule has 6 nitrogen and oxygen atoms in total. The summed E-state index contributed by atoms with van der Waals surface area (Å²) in [4.78, 5) is 1.11. The van der Waals surface area contributed by atoms with E-state index in [4.69, 9.17) is 4.42 Å². The maximum atomic E-state index is 10.1. The SMILES string of the molecule is CCc1cc(O)c2cc(C)sc2c1/N=N/c1nnco1. The molecule has 0 fully saturated rings. The molecule has 0 unspecified atom stereocenters. The van der Waals surface area contributed by atoms with Gasteiger partial charge in [-0.2, -0.15) is 0 Å². The molecule has 0 radical (unpaired) electrons. The third-order valence-corrected chi connectivity index (χ3v) is 3.98. The van der Waals surface area contributed by atoms with Gasteiger partial charge in [-0.15, -0.1) is 21.5 Å². The van der Waals surface area contributed by atoms with Gasteiger partial charge in [-0.05, 0) is 31.0 Å². The third-order valence-electron chi connectivity index (χ3n) is 2.93. The van der Waals surface area contributed by atoms with Gasteiger partial charge < -0.3 is 9.52 Å². The van der Waals surface area contributed by atoms with Gasteiger partial charge in [0.05, 0.1) is 4.70 Å². The van der Waals surface area contributed by atoms with Crippen LogP contribution in [0.5, 0.6) is 5.75 Å². The van der Waals surface area contributed by atoms with Gasteiger partial charge in [-0.25, -0.2) is 0 Å². The summed E-state index contributed by atoms with van der Waals surface area (Å²) >= 11 is 1.58. The lowest BCUT2D eigenvalue weighted by molar-refractivity contribution is 0.481. The van der Waals surface area contributed by atoms with Crippen molar-refractivity contribution in [1.29, 1.82) is 0 Å². The van der Waals surface area contributed by atoms with Gasteiger partial charge in [0.1, 0.15) is 11.4 Å². The fraction of sp³-hybridized carbons (Fsp3) is 0.231. The number of phenols is 1. The molecule has 2 heterocycles. The number of hydrogen-bond acceptors (Lipinski definition) is 7. The summed E-state index contributed by atoms with van der Waals surface area (Å²) in [7, 11) is 0. The molecule has 1 N–H and O–H groups in total. The van der Waals surface area contributed by atoms with E-state index in [1.807, 2.05) is 19.9 Å². The highest BCUT2D eigenvalue weighted by molar-refractivity contribution is 7.19. The number of nitrogens with zero attached hydrogens (tertiary/aromatic N) is 4. The number of benzene rings is 1. The highest BCUT2D eigenvalue weighted by atomic mass is 32.1. The molecule has 0 atom stereocenters. The van der Waals surface area contributed by atoms with Crippen LogP contribution in [-0.2, 0) is 6.42 Å². The first-order chi connectivity index (χ1) is 9.69. The molecule has 2 aromatic heterocycles. The van der Waals surface area contributed by atoms with E-state index in [2.05, 4.69) is 20.4 Å². The van der Waals surface area contributed by atoms with Crippen molar-refractivity contribution < 1.29 is 9.52 Å². The lowest BCUT2D eigenvalue weighted by Crippen LogP contribution is -1.82. The molecular formula is C13H12N4O2S. The second-order valence-electron chi connectivity index (χ2n) is 4.28. The normalized spacial score (nSPS) is 11.7. The Morgan fingerprint density at radius 1 is 1.35 bits per heavy atom. The number of fused-ring (bicyclic) bond motifs is 1. The summed E-state index contributed by atoms with van der Waals surface area (Å²) in [6.07, 6.45) is 1.95. The van der Waals surface area contributed by atoms with Gasteiger partial charge in [0.25, 0.3) is 0 Å². The first-order valence-electron chi connectivity index (χ1n) is 6.12. The molecule has 0 amide bonds. The van der Waals surface area contributed by atoms with Crippen molar-refractivity contribution in [3.05, 3.63) is 29.0 Å². The number of phenolic OH excluding ortho intramolecular Hbond substituents is 1. The van der Waals surface area contributed by atoms with Crippen molar-refractivity contribution >= 4 is 33.1 Å². The van der Waals surface area contributed by atoms with E-state index in [0.29, 0.717) is 0 Å². The van der Waals surface area contributed by atoms with E-state index in [0.717, 1.165) is 32.6 Å². The Hall–Kier alpha value is -2.28. The summed E-state index contributed by atoms with van der Waals surface area (Å²) < 4.78 is 5.86. The molecule has 0 bridgehead atoms. The number of hydrogen-bond donors (Lipinski definition) is 1. The van der Waals surface area contributed by atoms with E-state index in [1.54, 1.807) is 17.4 Å². The number of azo groups is 1. The maximum absolute atomic E-state index is 10.1. The minimum absolute atomic E-state index is 0.113. The summed E-state index contributed by atoms with van der Waals surface area (Å²) in [6, 6.07) is 3.79. The van der Waals surface area contributed by atoms with Crippen molar-refractivity contribution in [1.82, 2.24) is 10.2 Å². The van der Waals surface area contributed by atoms with Gasteiger partial charge in [-0.1, -0.05) is 17.1 Å². The zero-order chi connectivity index (χ0) is 14.1. The molecule has 0 aliphatic heterocycles. The van der Waals surface area contributed by atoms with Crippen LogP contribution in [0.4, 0.5) is 11.7 Å². The Kier molecular flexibility index (Phi) is 3.19. The van der Waals surface area contributed by atoms with Crippen molar-refractivity contribution in [3.63, 3.8) is 0 Å². The summed E-state index contributed by atoms with van der Waals surface area (Å²) in [5.74, 6) is 0.276. The van der Waals surface area contributed by atoms with Crippen LogP contribution in [0.2, 0.25) is 0 Å². The quantitative estimate of drug-likeness (QED) is 0.729. The molecule has 102 valence electrons. The topological polar surface area (TPSA) is 83.9 Å². The van der Waals surface area contributed by atoms with Crippen LogP contribution >= 0.6 is 11.3 Å². The smallest absolute Gasteiger partial charge is 0.361 e. The molecule has 0 saturated heterocycles. The third kappa shape index (κ3) is 2.16. The van der Waals surface area contributed by atoms with E-state index in [-0.39, 0.29) is 11.8 Å². The number of thiophene rings is 1. The molecular weight excluding hydrogens is 276 g/mol. The molecule has 3 rings (SSSR count). The van der Waals surface area contributed by atoms with Gasteiger partial charge >= 0.3 is 6.01 Å². The van der Waals surface area contributed by atoms with E-state index < -0.39 is 0 Å². The first kappa shape index (κ1) is 12.7. The predicted molar refractivity (Wildman–Crippen MR) is 76.1 cm³/mol. The zero-order valence-corrected chi connectivity index (χ0v) is 11.8. The number of rotatable bonds is 3. The number of aryl methyl sites for hydroxylation is 2. The van der Waals surface area contributed by atoms with Crippen LogP contribution in [0.15, 0.2) is 33.2 Å². The second kappa shape index (κ2) is 5.01. The molecule has 0 spiro atoms. The first-order valence-corrected chi connectivity index (χ1v) is 6.93. The van der Waals surface area contributed by atoms with Crippen molar-refractivity contribution in [2.45, 2.75) is 20.3 Å². The van der Waals surface area contributed by atoms with Crippen LogP contribution < -0.4 is 0 Å². The van der Waals surface area contributed by atoms with Crippen LogP contribution in [0.25, 0.3) is 10.1 Å². The van der Waals surface area contributed by atoms with Crippen molar-refractivity contribution in [2.75, 3.05) is 0 Å². The summed E-state index contributed by atoms with van der Waals surface area (Å²) in [6.45, 7) is 4.00. The number of aromatic nitrogens is 2. The Bertz CT molecular complexity index is 777. The Labute approximate surface area is 118 Å². The van der Waals surface area contributed by atoms with Crippen molar-refractivity contribution in [3.8, 4) is 5.75 Å². The minimum Gasteiger partial charge on any atom is -0.507 e. The average molecular weight is 288 g/mol. The second-order valence-corrected chi connectivity index (χ2v) is 5.53. The van der Waals surface area contributed by atoms with Gasteiger partial charge in [0.2, 0.25) is 6.39 Å². The highest BCUT2D eigenvalue weighted by Gasteiger charge is 2.13. The molecule has 1 aromatic carbocycles. The van der Waals surface area contributed by atoms with E-state index >= 15 is 0 Å². The molecule has 0 aliphatic rings. The lowest BCUT2D eigenvalue weighted by Gasteiger charge is -2.05. The average Bonchev–Trinajstić information content (AvgIpc) is 3.06. The monoisotopic (exact) mass is 288 g/mol.